The highest BCUT2D eigenvalue weighted by Gasteiger charge is 2.19. The van der Waals surface area contributed by atoms with E-state index >= 15 is 0 Å². The number of thiol groups is 1. The molecule has 0 bridgehead atoms. The maximum atomic E-state index is 10.6. The molecule has 0 saturated carbocycles. The molecule has 0 radical (unpaired) electrons. The number of ether oxygens (including phenoxy) is 1. The lowest BCUT2D eigenvalue weighted by Crippen LogP contribution is -1.96. The average Bonchev–Trinajstić information content (AvgIpc) is 2.01. The van der Waals surface area contributed by atoms with Gasteiger partial charge in [0.15, 0.2) is 5.75 Å². The number of methoxy groups -OCH3 is 1. The molecular formula is C7H6INO3S. The van der Waals surface area contributed by atoms with Gasteiger partial charge in [-0.3, -0.25) is 10.1 Å². The lowest BCUT2D eigenvalue weighted by atomic mass is 10.3. The van der Waals surface area contributed by atoms with Gasteiger partial charge in [0.25, 0.3) is 0 Å². The lowest BCUT2D eigenvalue weighted by Gasteiger charge is -2.03. The van der Waals surface area contributed by atoms with Crippen LogP contribution in [0.3, 0.4) is 0 Å². The van der Waals surface area contributed by atoms with Crippen LogP contribution in [0.1, 0.15) is 0 Å². The molecule has 0 amide bonds. The van der Waals surface area contributed by atoms with Crippen LogP contribution in [-0.2, 0) is 0 Å². The van der Waals surface area contributed by atoms with Crippen molar-refractivity contribution in [3.8, 4) is 5.75 Å². The average molecular weight is 311 g/mol. The van der Waals surface area contributed by atoms with Crippen LogP contribution in [0, 0.1) is 13.7 Å². The topological polar surface area (TPSA) is 52.4 Å². The monoisotopic (exact) mass is 311 g/mol. The molecule has 0 aromatic heterocycles. The summed E-state index contributed by atoms with van der Waals surface area (Å²) in [6, 6.07) is 3.13. The molecule has 0 saturated heterocycles. The maximum Gasteiger partial charge on any atom is 0.324 e. The smallest absolute Gasteiger partial charge is 0.324 e. The fraction of sp³-hybridized carbons (Fsp3) is 0.143. The summed E-state index contributed by atoms with van der Waals surface area (Å²) in [5.41, 5.74) is -0.0131. The zero-order valence-electron chi connectivity index (χ0n) is 6.65. The van der Waals surface area contributed by atoms with E-state index < -0.39 is 4.92 Å². The van der Waals surface area contributed by atoms with Crippen molar-refractivity contribution in [2.24, 2.45) is 0 Å². The van der Waals surface area contributed by atoms with Crippen LogP contribution in [0.2, 0.25) is 0 Å². The minimum Gasteiger partial charge on any atom is -0.490 e. The van der Waals surface area contributed by atoms with E-state index in [1.165, 1.54) is 13.2 Å². The number of hydrogen-bond donors (Lipinski definition) is 1. The minimum absolute atomic E-state index is 0.0131. The molecule has 0 fully saturated rings. The summed E-state index contributed by atoms with van der Waals surface area (Å²) >= 11 is 5.97. The number of nitro groups is 1. The van der Waals surface area contributed by atoms with Gasteiger partial charge in [-0.2, -0.15) is 0 Å². The molecule has 1 aromatic carbocycles. The van der Waals surface area contributed by atoms with E-state index in [1.54, 1.807) is 6.07 Å². The number of nitrogens with zero attached hydrogens (tertiary/aromatic N) is 1. The first-order valence-electron chi connectivity index (χ1n) is 3.27. The van der Waals surface area contributed by atoms with Gasteiger partial charge in [-0.05, 0) is 28.7 Å². The molecule has 0 heterocycles. The second-order valence-corrected chi connectivity index (χ2v) is 3.91. The molecule has 6 heteroatoms. The molecule has 70 valence electrons. The van der Waals surface area contributed by atoms with Gasteiger partial charge < -0.3 is 4.74 Å². The van der Waals surface area contributed by atoms with E-state index in [0.29, 0.717) is 8.47 Å². The summed E-state index contributed by atoms with van der Waals surface area (Å²) in [7, 11) is 1.39. The van der Waals surface area contributed by atoms with Gasteiger partial charge in [0, 0.05) is 11.0 Å². The minimum atomic E-state index is -0.464. The Morgan fingerprint density at radius 2 is 2.23 bits per heavy atom. The van der Waals surface area contributed by atoms with Crippen LogP contribution in [-0.4, -0.2) is 12.0 Å². The van der Waals surface area contributed by atoms with Gasteiger partial charge in [-0.25, -0.2) is 0 Å². The normalized spacial score (nSPS) is 9.77. The highest BCUT2D eigenvalue weighted by molar-refractivity contribution is 14.1. The second kappa shape index (κ2) is 4.14. The molecule has 13 heavy (non-hydrogen) atoms. The second-order valence-electron chi connectivity index (χ2n) is 2.24. The van der Waals surface area contributed by atoms with Gasteiger partial charge in [-0.1, -0.05) is 0 Å². The van der Waals surface area contributed by atoms with Crippen molar-refractivity contribution in [2.45, 2.75) is 4.90 Å². The molecule has 0 atom stereocenters. The third kappa shape index (κ3) is 2.25. The standard InChI is InChI=1S/C7H6INO3S/c1-12-6-3-4(13)2-5(8)7(6)9(10)11/h2-3,13H,1H3. The molecule has 4 nitrogen and oxygen atoms in total. The van der Waals surface area contributed by atoms with Crippen molar-refractivity contribution in [3.63, 3.8) is 0 Å². The number of halogens is 1. The summed E-state index contributed by atoms with van der Waals surface area (Å²) in [4.78, 5) is 10.8. The molecule has 1 rings (SSSR count). The quantitative estimate of drug-likeness (QED) is 0.395. The van der Waals surface area contributed by atoms with Crippen molar-refractivity contribution < 1.29 is 9.66 Å². The molecule has 1 aromatic rings. The first-order valence-corrected chi connectivity index (χ1v) is 4.79. The fourth-order valence-corrected chi connectivity index (χ4v) is 2.18. The van der Waals surface area contributed by atoms with Crippen LogP contribution in [0.15, 0.2) is 17.0 Å². The Kier molecular flexibility index (Phi) is 3.37. The number of benzene rings is 1. The zero-order chi connectivity index (χ0) is 10.0. The van der Waals surface area contributed by atoms with Crippen LogP contribution in [0.25, 0.3) is 0 Å². The van der Waals surface area contributed by atoms with Gasteiger partial charge in [-0.15, -0.1) is 12.6 Å². The molecule has 0 N–H and O–H groups in total. The third-order valence-corrected chi connectivity index (χ3v) is 2.50. The highest BCUT2D eigenvalue weighted by atomic mass is 127. The van der Waals surface area contributed by atoms with E-state index in [1.807, 2.05) is 22.6 Å². The Balaban J connectivity index is 3.38. The lowest BCUT2D eigenvalue weighted by molar-refractivity contribution is -0.386. The Morgan fingerprint density at radius 1 is 1.62 bits per heavy atom. The Morgan fingerprint density at radius 3 is 2.69 bits per heavy atom. The first-order chi connectivity index (χ1) is 6.06. The van der Waals surface area contributed by atoms with E-state index in [2.05, 4.69) is 12.6 Å². The van der Waals surface area contributed by atoms with Gasteiger partial charge in [0.2, 0.25) is 0 Å². The summed E-state index contributed by atoms with van der Waals surface area (Å²) in [5.74, 6) is 0.238. The summed E-state index contributed by atoms with van der Waals surface area (Å²) in [6.07, 6.45) is 0. The van der Waals surface area contributed by atoms with Crippen molar-refractivity contribution >= 4 is 40.9 Å². The predicted octanol–water partition coefficient (Wildman–Crippen LogP) is 2.50. The fourth-order valence-electron chi connectivity index (χ4n) is 0.893. The van der Waals surface area contributed by atoms with Crippen molar-refractivity contribution in [1.29, 1.82) is 0 Å². The largest absolute Gasteiger partial charge is 0.490 e. The molecular weight excluding hydrogens is 305 g/mol. The Hall–Kier alpha value is -0.500. The van der Waals surface area contributed by atoms with Gasteiger partial charge in [0.1, 0.15) is 0 Å². The van der Waals surface area contributed by atoms with Crippen molar-refractivity contribution in [3.05, 3.63) is 25.8 Å². The van der Waals surface area contributed by atoms with E-state index in [-0.39, 0.29) is 11.4 Å². The predicted molar refractivity (Wildman–Crippen MR) is 59.6 cm³/mol. The molecule has 0 aliphatic rings. The highest BCUT2D eigenvalue weighted by Crippen LogP contribution is 2.34. The SMILES string of the molecule is COc1cc(S)cc(I)c1[N+](=O)[O-]. The van der Waals surface area contributed by atoms with E-state index in [4.69, 9.17) is 4.74 Å². The first kappa shape index (κ1) is 10.6. The van der Waals surface area contributed by atoms with Crippen LogP contribution in [0.4, 0.5) is 5.69 Å². The maximum absolute atomic E-state index is 10.6. The van der Waals surface area contributed by atoms with Crippen LogP contribution < -0.4 is 4.74 Å². The number of rotatable bonds is 2. The van der Waals surface area contributed by atoms with E-state index in [9.17, 15) is 10.1 Å². The Bertz CT molecular complexity index is 356. The number of nitro benzene ring substituents is 1. The third-order valence-electron chi connectivity index (χ3n) is 1.42. The zero-order valence-corrected chi connectivity index (χ0v) is 9.70. The molecule has 0 aliphatic heterocycles. The van der Waals surface area contributed by atoms with E-state index in [0.717, 1.165) is 0 Å². The van der Waals surface area contributed by atoms with Crippen molar-refractivity contribution in [1.82, 2.24) is 0 Å². The molecule has 0 aliphatic carbocycles. The Labute approximate surface area is 94.0 Å². The number of hydrogen-bond acceptors (Lipinski definition) is 4. The molecule has 0 unspecified atom stereocenters. The van der Waals surface area contributed by atoms with Crippen molar-refractivity contribution in [2.75, 3.05) is 7.11 Å². The summed E-state index contributed by atoms with van der Waals surface area (Å²) in [5, 5.41) is 10.6. The van der Waals surface area contributed by atoms with Crippen LogP contribution >= 0.6 is 35.2 Å². The van der Waals surface area contributed by atoms with Gasteiger partial charge in [0.05, 0.1) is 15.6 Å². The van der Waals surface area contributed by atoms with Gasteiger partial charge >= 0.3 is 5.69 Å². The summed E-state index contributed by atoms with van der Waals surface area (Å²) in [6.45, 7) is 0. The summed E-state index contributed by atoms with van der Waals surface area (Å²) < 4.78 is 5.39. The molecule has 0 spiro atoms. The van der Waals surface area contributed by atoms with Crippen LogP contribution in [0.5, 0.6) is 5.75 Å².